The van der Waals surface area contributed by atoms with Crippen LogP contribution in [0.15, 0.2) is 59.6 Å². The fourth-order valence-corrected chi connectivity index (χ4v) is 2.09. The maximum atomic E-state index is 10.8. The Morgan fingerprint density at radius 3 is 2.55 bits per heavy atom. The van der Waals surface area contributed by atoms with Crippen molar-refractivity contribution in [1.29, 1.82) is 0 Å². The molecule has 1 unspecified atom stereocenters. The van der Waals surface area contributed by atoms with Gasteiger partial charge in [-0.3, -0.25) is 0 Å². The molecule has 0 fully saturated rings. The van der Waals surface area contributed by atoms with E-state index in [9.17, 15) is 4.79 Å². The lowest BCUT2D eigenvalue weighted by Crippen LogP contribution is -2.18. The molecule has 1 aliphatic rings. The number of rotatable bonds is 5. The van der Waals surface area contributed by atoms with Gasteiger partial charge in [0, 0.05) is 5.56 Å². The Hall–Kier alpha value is -2.82. The summed E-state index contributed by atoms with van der Waals surface area (Å²) in [5.74, 6) is 0.126. The summed E-state index contributed by atoms with van der Waals surface area (Å²) < 4.78 is 11.0. The van der Waals surface area contributed by atoms with Crippen LogP contribution in [0.25, 0.3) is 0 Å². The van der Waals surface area contributed by atoms with Crippen molar-refractivity contribution < 1.29 is 19.4 Å². The van der Waals surface area contributed by atoms with Gasteiger partial charge in [0.1, 0.15) is 19.0 Å². The first kappa shape index (κ1) is 14.1. The highest BCUT2D eigenvalue weighted by atomic mass is 16.5. The summed E-state index contributed by atoms with van der Waals surface area (Å²) in [7, 11) is 0. The number of benzene rings is 2. The van der Waals surface area contributed by atoms with Crippen molar-refractivity contribution >= 4 is 11.9 Å². The molecule has 0 amide bonds. The highest BCUT2D eigenvalue weighted by Crippen LogP contribution is 2.17. The van der Waals surface area contributed by atoms with E-state index in [0.29, 0.717) is 12.5 Å². The van der Waals surface area contributed by atoms with E-state index in [4.69, 9.17) is 14.6 Å². The molecule has 1 heterocycles. The summed E-state index contributed by atoms with van der Waals surface area (Å²) in [4.78, 5) is 14.9. The Morgan fingerprint density at radius 1 is 1.18 bits per heavy atom. The molecule has 0 saturated heterocycles. The molecule has 2 aromatic rings. The van der Waals surface area contributed by atoms with Crippen molar-refractivity contribution in [3.63, 3.8) is 0 Å². The minimum Gasteiger partial charge on any atom is -0.489 e. The lowest BCUT2D eigenvalue weighted by atomic mass is 10.2. The fourth-order valence-electron chi connectivity index (χ4n) is 2.09. The van der Waals surface area contributed by atoms with Crippen LogP contribution >= 0.6 is 0 Å². The Balaban J connectivity index is 1.63. The van der Waals surface area contributed by atoms with E-state index in [2.05, 4.69) is 4.99 Å². The Bertz CT molecular complexity index is 680. The molecule has 0 saturated carbocycles. The van der Waals surface area contributed by atoms with Crippen molar-refractivity contribution in [3.8, 4) is 5.75 Å². The predicted molar refractivity (Wildman–Crippen MR) is 81.1 cm³/mol. The van der Waals surface area contributed by atoms with Crippen molar-refractivity contribution in [2.24, 2.45) is 4.99 Å². The SMILES string of the molecule is O=C(O)C1COC(c2ccc(OCc3ccccc3)cc2)=N1. The molecule has 0 aliphatic carbocycles. The first-order valence-corrected chi connectivity index (χ1v) is 6.93. The second-order valence-electron chi connectivity index (χ2n) is 4.90. The smallest absolute Gasteiger partial charge is 0.332 e. The summed E-state index contributed by atoms with van der Waals surface area (Å²) in [5, 5.41) is 8.89. The third-order valence-electron chi connectivity index (χ3n) is 3.29. The molecular formula is C17H15NO4. The normalized spacial score (nSPS) is 16.7. The summed E-state index contributed by atoms with van der Waals surface area (Å²) >= 11 is 0. The van der Waals surface area contributed by atoms with Gasteiger partial charge >= 0.3 is 5.97 Å². The highest BCUT2D eigenvalue weighted by molar-refractivity contribution is 5.97. The minimum atomic E-state index is -0.974. The molecule has 1 aliphatic heterocycles. The first-order valence-electron chi connectivity index (χ1n) is 6.93. The van der Waals surface area contributed by atoms with E-state index in [1.165, 1.54) is 0 Å². The summed E-state index contributed by atoms with van der Waals surface area (Å²) in [6.45, 7) is 0.579. The lowest BCUT2D eigenvalue weighted by molar-refractivity contribution is -0.138. The van der Waals surface area contributed by atoms with Gasteiger partial charge in [-0.2, -0.15) is 0 Å². The Morgan fingerprint density at radius 2 is 1.91 bits per heavy atom. The van der Waals surface area contributed by atoms with E-state index >= 15 is 0 Å². The van der Waals surface area contributed by atoms with Crippen molar-refractivity contribution in [2.45, 2.75) is 12.6 Å². The molecule has 0 spiro atoms. The van der Waals surface area contributed by atoms with Crippen LogP contribution in [-0.2, 0) is 16.1 Å². The zero-order chi connectivity index (χ0) is 15.4. The number of hydrogen-bond donors (Lipinski definition) is 1. The number of carbonyl (C=O) groups is 1. The van der Waals surface area contributed by atoms with Gasteiger partial charge in [0.05, 0.1) is 0 Å². The molecular weight excluding hydrogens is 282 g/mol. The first-order chi connectivity index (χ1) is 10.7. The van der Waals surface area contributed by atoms with E-state index in [-0.39, 0.29) is 6.61 Å². The van der Waals surface area contributed by atoms with E-state index < -0.39 is 12.0 Å². The highest BCUT2D eigenvalue weighted by Gasteiger charge is 2.25. The summed E-state index contributed by atoms with van der Waals surface area (Å²) in [5.41, 5.74) is 1.84. The monoisotopic (exact) mass is 297 g/mol. The molecule has 0 aromatic heterocycles. The number of carboxylic acid groups (broad SMARTS) is 1. The van der Waals surface area contributed by atoms with Crippen molar-refractivity contribution in [1.82, 2.24) is 0 Å². The molecule has 1 N–H and O–H groups in total. The van der Waals surface area contributed by atoms with Gasteiger partial charge < -0.3 is 14.6 Å². The molecule has 0 bridgehead atoms. The zero-order valence-corrected chi connectivity index (χ0v) is 11.8. The van der Waals surface area contributed by atoms with Gasteiger partial charge in [-0.05, 0) is 29.8 Å². The molecule has 2 aromatic carbocycles. The molecule has 3 rings (SSSR count). The van der Waals surface area contributed by atoms with Crippen LogP contribution < -0.4 is 4.74 Å². The van der Waals surface area contributed by atoms with E-state index in [0.717, 1.165) is 16.9 Å². The van der Waals surface area contributed by atoms with Gasteiger partial charge in [0.15, 0.2) is 6.04 Å². The van der Waals surface area contributed by atoms with Crippen molar-refractivity contribution in [2.75, 3.05) is 6.61 Å². The number of aliphatic carboxylic acids is 1. The topological polar surface area (TPSA) is 68.1 Å². The summed E-state index contributed by atoms with van der Waals surface area (Å²) in [6.07, 6.45) is 0. The molecule has 22 heavy (non-hydrogen) atoms. The zero-order valence-electron chi connectivity index (χ0n) is 11.8. The fraction of sp³-hybridized carbons (Fsp3) is 0.176. The van der Waals surface area contributed by atoms with Gasteiger partial charge in [-0.1, -0.05) is 30.3 Å². The van der Waals surface area contributed by atoms with Crippen LogP contribution in [0.3, 0.4) is 0 Å². The average molecular weight is 297 g/mol. The van der Waals surface area contributed by atoms with E-state index in [1.807, 2.05) is 54.6 Å². The van der Waals surface area contributed by atoms with Gasteiger partial charge in [0.2, 0.25) is 5.90 Å². The standard InChI is InChI=1S/C17H15NO4/c19-17(20)15-11-22-16(18-15)13-6-8-14(9-7-13)21-10-12-4-2-1-3-5-12/h1-9,15H,10-11H2,(H,19,20). The number of nitrogens with zero attached hydrogens (tertiary/aromatic N) is 1. The summed E-state index contributed by atoms with van der Waals surface area (Å²) in [6, 6.07) is 16.3. The molecule has 5 heteroatoms. The number of aliphatic imine (C=N–C) groups is 1. The second-order valence-corrected chi connectivity index (χ2v) is 4.90. The van der Waals surface area contributed by atoms with Crippen LogP contribution in [0, 0.1) is 0 Å². The van der Waals surface area contributed by atoms with Gasteiger partial charge in [-0.15, -0.1) is 0 Å². The Labute approximate surface area is 127 Å². The van der Waals surface area contributed by atoms with Crippen LogP contribution in [0.1, 0.15) is 11.1 Å². The number of ether oxygens (including phenoxy) is 2. The van der Waals surface area contributed by atoms with Crippen LogP contribution in [-0.4, -0.2) is 29.6 Å². The van der Waals surface area contributed by atoms with Gasteiger partial charge in [-0.25, -0.2) is 9.79 Å². The number of carboxylic acids is 1. The molecule has 5 nitrogen and oxygen atoms in total. The lowest BCUT2D eigenvalue weighted by Gasteiger charge is -2.07. The third kappa shape index (κ3) is 3.25. The van der Waals surface area contributed by atoms with Gasteiger partial charge in [0.25, 0.3) is 0 Å². The largest absolute Gasteiger partial charge is 0.489 e. The maximum absolute atomic E-state index is 10.8. The maximum Gasteiger partial charge on any atom is 0.332 e. The van der Waals surface area contributed by atoms with Crippen LogP contribution in [0.5, 0.6) is 5.75 Å². The average Bonchev–Trinajstić information content (AvgIpc) is 3.05. The molecule has 0 radical (unpaired) electrons. The van der Waals surface area contributed by atoms with Crippen LogP contribution in [0.4, 0.5) is 0 Å². The third-order valence-corrected chi connectivity index (χ3v) is 3.29. The van der Waals surface area contributed by atoms with Crippen molar-refractivity contribution in [3.05, 3.63) is 65.7 Å². The van der Waals surface area contributed by atoms with E-state index in [1.54, 1.807) is 0 Å². The predicted octanol–water partition coefficient (Wildman–Crippen LogP) is 2.50. The molecule has 1 atom stereocenters. The second kappa shape index (κ2) is 6.30. The quantitative estimate of drug-likeness (QED) is 0.920. The minimum absolute atomic E-state index is 0.0803. The molecule has 112 valence electrons. The number of hydrogen-bond acceptors (Lipinski definition) is 4. The Kier molecular flexibility index (Phi) is 4.05. The van der Waals surface area contributed by atoms with Crippen LogP contribution in [0.2, 0.25) is 0 Å².